The smallest absolute Gasteiger partial charge is 0.294 e. The van der Waals surface area contributed by atoms with Gasteiger partial charge < -0.3 is 10.1 Å². The first-order valence-electron chi connectivity index (χ1n) is 9.66. The normalized spacial score (nSPS) is 15.2. The van der Waals surface area contributed by atoms with Gasteiger partial charge in [0.1, 0.15) is 12.3 Å². The van der Waals surface area contributed by atoms with Crippen molar-refractivity contribution in [3.05, 3.63) is 64.6 Å². The van der Waals surface area contributed by atoms with Crippen molar-refractivity contribution in [1.82, 2.24) is 4.90 Å². The van der Waals surface area contributed by atoms with Crippen LogP contribution in [0.1, 0.15) is 25.0 Å². The summed E-state index contributed by atoms with van der Waals surface area (Å²) in [6, 6.07) is 14.6. The molecule has 0 aromatic heterocycles. The highest BCUT2D eigenvalue weighted by molar-refractivity contribution is 8.18. The van der Waals surface area contributed by atoms with Crippen molar-refractivity contribution < 1.29 is 19.1 Å². The average Bonchev–Trinajstić information content (AvgIpc) is 2.96. The third-order valence-corrected chi connectivity index (χ3v) is 5.18. The molecule has 0 bridgehead atoms. The van der Waals surface area contributed by atoms with Gasteiger partial charge in [0.15, 0.2) is 0 Å². The van der Waals surface area contributed by atoms with Crippen LogP contribution in [0.3, 0.4) is 0 Å². The van der Waals surface area contributed by atoms with E-state index in [0.29, 0.717) is 23.1 Å². The third kappa shape index (κ3) is 5.73. The van der Waals surface area contributed by atoms with E-state index in [1.807, 2.05) is 43.3 Å². The molecule has 1 fully saturated rings. The number of hydrogen-bond acceptors (Lipinski definition) is 5. The topological polar surface area (TPSA) is 75.7 Å². The Kier molecular flexibility index (Phi) is 6.95. The first-order valence-corrected chi connectivity index (χ1v) is 10.5. The van der Waals surface area contributed by atoms with Gasteiger partial charge in [-0.2, -0.15) is 0 Å². The number of nitrogens with zero attached hydrogens (tertiary/aromatic N) is 1. The maximum absolute atomic E-state index is 12.6. The predicted molar refractivity (Wildman–Crippen MR) is 119 cm³/mol. The van der Waals surface area contributed by atoms with Crippen molar-refractivity contribution >= 4 is 40.6 Å². The van der Waals surface area contributed by atoms with E-state index in [9.17, 15) is 14.4 Å². The molecule has 2 aromatic carbocycles. The van der Waals surface area contributed by atoms with Crippen LogP contribution in [0.4, 0.5) is 10.5 Å². The molecule has 1 N–H and O–H groups in total. The lowest BCUT2D eigenvalue weighted by Gasteiger charge is -2.12. The van der Waals surface area contributed by atoms with Gasteiger partial charge in [0.05, 0.1) is 11.5 Å². The minimum atomic E-state index is -0.468. The van der Waals surface area contributed by atoms with Crippen LogP contribution in [-0.4, -0.2) is 35.1 Å². The molecule has 7 heteroatoms. The number of hydrogen-bond donors (Lipinski definition) is 1. The lowest BCUT2D eigenvalue weighted by molar-refractivity contribution is -0.127. The van der Waals surface area contributed by atoms with Crippen molar-refractivity contribution in [3.63, 3.8) is 0 Å². The average molecular weight is 425 g/mol. The lowest BCUT2D eigenvalue weighted by Crippen LogP contribution is -2.36. The van der Waals surface area contributed by atoms with Gasteiger partial charge in [-0.15, -0.1) is 0 Å². The molecule has 1 aliphatic rings. The van der Waals surface area contributed by atoms with Crippen molar-refractivity contribution in [3.8, 4) is 5.75 Å². The molecule has 2 aromatic rings. The third-order valence-electron chi connectivity index (χ3n) is 4.27. The molecule has 156 valence electrons. The minimum absolute atomic E-state index is 0.291. The lowest BCUT2D eigenvalue weighted by atomic mass is 10.2. The SMILES string of the molecule is Cc1ccc(NC(=O)CN2C(=O)S/C(=C\c3ccc(OCC(C)C)cc3)C2=O)cc1. The number of ether oxygens (including phenoxy) is 1. The molecule has 0 aliphatic carbocycles. The number of rotatable bonds is 7. The van der Waals surface area contributed by atoms with Crippen LogP contribution >= 0.6 is 11.8 Å². The summed E-state index contributed by atoms with van der Waals surface area (Å²) < 4.78 is 5.65. The van der Waals surface area contributed by atoms with Crippen LogP contribution in [0, 0.1) is 12.8 Å². The molecule has 1 aliphatic heterocycles. The maximum atomic E-state index is 12.6. The number of amides is 3. The van der Waals surface area contributed by atoms with Crippen molar-refractivity contribution in [2.75, 3.05) is 18.5 Å². The predicted octanol–water partition coefficient (Wildman–Crippen LogP) is 4.70. The number of anilines is 1. The van der Waals surface area contributed by atoms with Crippen LogP contribution in [0.5, 0.6) is 5.75 Å². The second kappa shape index (κ2) is 9.63. The van der Waals surface area contributed by atoms with Crippen molar-refractivity contribution in [2.45, 2.75) is 20.8 Å². The van der Waals surface area contributed by atoms with E-state index >= 15 is 0 Å². The standard InChI is InChI=1S/C23H24N2O4S/c1-15(2)14-29-19-10-6-17(7-11-19)12-20-22(27)25(23(28)30-20)13-21(26)24-18-8-4-16(3)5-9-18/h4-12,15H,13-14H2,1-3H3,(H,24,26)/b20-12-. The van der Waals surface area contributed by atoms with Crippen LogP contribution in [0.2, 0.25) is 0 Å². The number of benzene rings is 2. The van der Waals surface area contributed by atoms with Crippen LogP contribution in [0.25, 0.3) is 6.08 Å². The summed E-state index contributed by atoms with van der Waals surface area (Å²) in [6.45, 7) is 6.41. The van der Waals surface area contributed by atoms with Gasteiger partial charge in [0.25, 0.3) is 11.1 Å². The van der Waals surface area contributed by atoms with E-state index in [1.54, 1.807) is 18.2 Å². The van der Waals surface area contributed by atoms with Gasteiger partial charge in [0, 0.05) is 5.69 Å². The van der Waals surface area contributed by atoms with Gasteiger partial charge in [-0.1, -0.05) is 43.7 Å². The van der Waals surface area contributed by atoms with Crippen LogP contribution in [-0.2, 0) is 9.59 Å². The fourth-order valence-corrected chi connectivity index (χ4v) is 3.53. The van der Waals surface area contributed by atoms with E-state index in [0.717, 1.165) is 33.5 Å². The minimum Gasteiger partial charge on any atom is -0.493 e. The Morgan fingerprint density at radius 3 is 2.40 bits per heavy atom. The molecule has 6 nitrogen and oxygen atoms in total. The summed E-state index contributed by atoms with van der Waals surface area (Å²) in [6.07, 6.45) is 1.65. The number of carbonyl (C=O) groups excluding carboxylic acids is 3. The summed E-state index contributed by atoms with van der Waals surface area (Å²) in [7, 11) is 0. The Morgan fingerprint density at radius 2 is 1.77 bits per heavy atom. The largest absolute Gasteiger partial charge is 0.493 e. The van der Waals surface area contributed by atoms with Gasteiger partial charge >= 0.3 is 0 Å². The fourth-order valence-electron chi connectivity index (χ4n) is 2.69. The summed E-state index contributed by atoms with van der Waals surface area (Å²) in [5.41, 5.74) is 2.47. The summed E-state index contributed by atoms with van der Waals surface area (Å²) >= 11 is 0.833. The molecular weight excluding hydrogens is 400 g/mol. The number of carbonyl (C=O) groups is 3. The molecule has 0 atom stereocenters. The Hall–Kier alpha value is -3.06. The molecule has 3 amide bonds. The molecule has 0 spiro atoms. The van der Waals surface area contributed by atoms with E-state index in [4.69, 9.17) is 4.74 Å². The maximum Gasteiger partial charge on any atom is 0.294 e. The molecule has 1 heterocycles. The second-order valence-electron chi connectivity index (χ2n) is 7.46. The Bertz CT molecular complexity index is 966. The molecule has 0 unspecified atom stereocenters. The Balaban J connectivity index is 1.62. The van der Waals surface area contributed by atoms with Crippen LogP contribution < -0.4 is 10.1 Å². The van der Waals surface area contributed by atoms with Gasteiger partial charge in [0.2, 0.25) is 5.91 Å². The number of nitrogens with one attached hydrogen (secondary N) is 1. The molecule has 30 heavy (non-hydrogen) atoms. The van der Waals surface area contributed by atoms with Gasteiger partial charge in [-0.25, -0.2) is 0 Å². The Labute approximate surface area is 180 Å². The zero-order chi connectivity index (χ0) is 21.7. The van der Waals surface area contributed by atoms with Crippen molar-refractivity contribution in [2.24, 2.45) is 5.92 Å². The highest BCUT2D eigenvalue weighted by atomic mass is 32.2. The monoisotopic (exact) mass is 424 g/mol. The van der Waals surface area contributed by atoms with E-state index in [-0.39, 0.29) is 6.54 Å². The summed E-state index contributed by atoms with van der Waals surface area (Å²) in [5.74, 6) is 0.291. The summed E-state index contributed by atoms with van der Waals surface area (Å²) in [5, 5.41) is 2.24. The molecule has 0 saturated carbocycles. The Morgan fingerprint density at radius 1 is 1.10 bits per heavy atom. The van der Waals surface area contributed by atoms with E-state index < -0.39 is 17.1 Å². The van der Waals surface area contributed by atoms with E-state index in [2.05, 4.69) is 19.2 Å². The zero-order valence-corrected chi connectivity index (χ0v) is 18.0. The highest BCUT2D eigenvalue weighted by Crippen LogP contribution is 2.32. The molecule has 0 radical (unpaired) electrons. The quantitative estimate of drug-likeness (QED) is 0.652. The van der Waals surface area contributed by atoms with Crippen LogP contribution in [0.15, 0.2) is 53.4 Å². The summed E-state index contributed by atoms with van der Waals surface area (Å²) in [4.78, 5) is 38.4. The zero-order valence-electron chi connectivity index (χ0n) is 17.2. The van der Waals surface area contributed by atoms with Gasteiger partial charge in [-0.05, 0) is 60.5 Å². The molecular formula is C23H24N2O4S. The molecule has 1 saturated heterocycles. The second-order valence-corrected chi connectivity index (χ2v) is 8.45. The van der Waals surface area contributed by atoms with Gasteiger partial charge in [-0.3, -0.25) is 19.3 Å². The van der Waals surface area contributed by atoms with E-state index in [1.165, 1.54) is 0 Å². The number of thioether (sulfide) groups is 1. The number of imide groups is 1. The molecule has 3 rings (SSSR count). The van der Waals surface area contributed by atoms with Crippen molar-refractivity contribution in [1.29, 1.82) is 0 Å². The fraction of sp³-hybridized carbons (Fsp3) is 0.261. The number of aryl methyl sites for hydroxylation is 1. The first-order chi connectivity index (χ1) is 14.3. The highest BCUT2D eigenvalue weighted by Gasteiger charge is 2.36. The first kappa shape index (κ1) is 21.6.